The normalized spacial score (nSPS) is 19.2. The van der Waals surface area contributed by atoms with E-state index in [0.29, 0.717) is 17.7 Å². The molecule has 194 valence electrons. The molecule has 0 aliphatic carbocycles. The molecule has 1 aromatic heterocycles. The Balaban J connectivity index is 1.21. The lowest BCUT2D eigenvalue weighted by Gasteiger charge is -2.39. The lowest BCUT2D eigenvalue weighted by atomic mass is 10.2. The van der Waals surface area contributed by atoms with Crippen LogP contribution in [-0.2, 0) is 20.9 Å². The van der Waals surface area contributed by atoms with Crippen LogP contribution in [0.25, 0.3) is 0 Å². The van der Waals surface area contributed by atoms with Crippen molar-refractivity contribution in [2.45, 2.75) is 33.4 Å². The highest BCUT2D eigenvalue weighted by atomic mass is 32.1. The molecule has 36 heavy (non-hydrogen) atoms. The lowest BCUT2D eigenvalue weighted by Crippen LogP contribution is -2.52. The fraction of sp³-hybridized carbons (Fsp3) is 0.520. The van der Waals surface area contributed by atoms with E-state index in [4.69, 9.17) is 0 Å². The largest absolute Gasteiger partial charge is 0.368 e. The van der Waals surface area contributed by atoms with Crippen molar-refractivity contribution in [3.63, 3.8) is 0 Å². The quantitative estimate of drug-likeness (QED) is 0.583. The van der Waals surface area contributed by atoms with Crippen molar-refractivity contribution in [1.82, 2.24) is 19.7 Å². The second-order valence-corrected chi connectivity index (χ2v) is 10.6. The Bertz CT molecular complexity index is 1070. The molecule has 2 aliphatic heterocycles. The van der Waals surface area contributed by atoms with Crippen molar-refractivity contribution in [1.29, 1.82) is 0 Å². The molecule has 2 saturated heterocycles. The number of anilines is 3. The van der Waals surface area contributed by atoms with Gasteiger partial charge in [0.1, 0.15) is 0 Å². The number of hydrogen-bond donors (Lipinski definition) is 2. The highest BCUT2D eigenvalue weighted by Crippen LogP contribution is 2.22. The molecule has 10 nitrogen and oxygen atoms in total. The van der Waals surface area contributed by atoms with Gasteiger partial charge in [0.25, 0.3) is 0 Å². The average Bonchev–Trinajstić information content (AvgIpc) is 3.27. The van der Waals surface area contributed by atoms with Gasteiger partial charge in [0, 0.05) is 94.7 Å². The molecule has 0 bridgehead atoms. The molecule has 0 radical (unpaired) electrons. The summed E-state index contributed by atoms with van der Waals surface area (Å²) in [6.45, 7) is 12.0. The molecule has 3 heterocycles. The molecule has 0 saturated carbocycles. The monoisotopic (exact) mass is 513 g/mol. The lowest BCUT2D eigenvalue weighted by molar-refractivity contribution is -0.129. The van der Waals surface area contributed by atoms with E-state index in [1.807, 2.05) is 35.4 Å². The van der Waals surface area contributed by atoms with Crippen LogP contribution in [0.5, 0.6) is 0 Å². The van der Waals surface area contributed by atoms with Crippen molar-refractivity contribution in [2.24, 2.45) is 0 Å². The van der Waals surface area contributed by atoms with E-state index >= 15 is 0 Å². The number of aromatic nitrogens is 1. The molecular formula is C25H35N7O3S. The predicted octanol–water partition coefficient (Wildman–Crippen LogP) is 1.91. The minimum atomic E-state index is -0.115. The number of amides is 3. The summed E-state index contributed by atoms with van der Waals surface area (Å²) in [5, 5.41) is 6.38. The van der Waals surface area contributed by atoms with Crippen LogP contribution in [0.1, 0.15) is 25.6 Å². The molecule has 2 aliphatic rings. The molecule has 2 fully saturated rings. The molecule has 2 aromatic rings. The molecule has 4 rings (SSSR count). The summed E-state index contributed by atoms with van der Waals surface area (Å²) in [5.74, 6) is -0.00203. The maximum atomic E-state index is 12.7. The third-order valence-electron chi connectivity index (χ3n) is 6.65. The topological polar surface area (TPSA) is 101 Å². The minimum absolute atomic E-state index is 0.0131. The smallest absolute Gasteiger partial charge is 0.238 e. The summed E-state index contributed by atoms with van der Waals surface area (Å²) in [6.07, 6.45) is 1.82. The number of rotatable bonds is 7. The van der Waals surface area contributed by atoms with Crippen LogP contribution in [0.3, 0.4) is 0 Å². The Kier molecular flexibility index (Phi) is 8.55. The van der Waals surface area contributed by atoms with Crippen LogP contribution >= 0.6 is 11.3 Å². The standard InChI is InChI=1S/C25H35N7O3S/c1-18-15-29(8-9-32(18)16-23-14-26-25(36-23)27-19(2)33)17-24(35)28-21-4-6-22(7-5-21)31-12-10-30(11-13-31)20(3)34/h4-7,14,18H,8-13,15-17H2,1-3H3,(H,28,35)(H,26,27,33). The highest BCUT2D eigenvalue weighted by molar-refractivity contribution is 7.15. The van der Waals surface area contributed by atoms with Crippen LogP contribution in [0, 0.1) is 0 Å². The summed E-state index contributed by atoms with van der Waals surface area (Å²) >= 11 is 1.50. The molecular weight excluding hydrogens is 478 g/mol. The van der Waals surface area contributed by atoms with E-state index in [2.05, 4.69) is 37.2 Å². The van der Waals surface area contributed by atoms with Gasteiger partial charge in [0.15, 0.2) is 5.13 Å². The molecule has 3 amide bonds. The summed E-state index contributed by atoms with van der Waals surface area (Å²) in [5.41, 5.74) is 1.89. The Morgan fingerprint density at radius 2 is 1.72 bits per heavy atom. The molecule has 1 unspecified atom stereocenters. The number of hydrogen-bond acceptors (Lipinski definition) is 8. The van der Waals surface area contributed by atoms with E-state index in [-0.39, 0.29) is 17.7 Å². The minimum Gasteiger partial charge on any atom is -0.368 e. The first kappa shape index (κ1) is 26.1. The van der Waals surface area contributed by atoms with Crippen LogP contribution in [-0.4, -0.2) is 95.8 Å². The maximum Gasteiger partial charge on any atom is 0.238 e. The van der Waals surface area contributed by atoms with E-state index in [1.54, 1.807) is 6.92 Å². The number of benzene rings is 1. The highest BCUT2D eigenvalue weighted by Gasteiger charge is 2.25. The third-order valence-corrected chi connectivity index (χ3v) is 7.55. The number of carbonyl (C=O) groups is 3. The van der Waals surface area contributed by atoms with Gasteiger partial charge >= 0.3 is 0 Å². The number of carbonyl (C=O) groups excluding carboxylic acids is 3. The van der Waals surface area contributed by atoms with Gasteiger partial charge in [-0.15, -0.1) is 11.3 Å². The fourth-order valence-corrected chi connectivity index (χ4v) is 5.56. The Morgan fingerprint density at radius 3 is 2.36 bits per heavy atom. The molecule has 2 N–H and O–H groups in total. The van der Waals surface area contributed by atoms with Gasteiger partial charge in [0.05, 0.1) is 6.54 Å². The predicted molar refractivity (Wildman–Crippen MR) is 142 cm³/mol. The zero-order valence-corrected chi connectivity index (χ0v) is 22.0. The van der Waals surface area contributed by atoms with Gasteiger partial charge in [-0.2, -0.15) is 0 Å². The summed E-state index contributed by atoms with van der Waals surface area (Å²) < 4.78 is 0. The fourth-order valence-electron chi connectivity index (χ4n) is 4.68. The summed E-state index contributed by atoms with van der Waals surface area (Å²) in [4.78, 5) is 49.5. The van der Waals surface area contributed by atoms with Crippen molar-refractivity contribution in [3.05, 3.63) is 35.3 Å². The Morgan fingerprint density at radius 1 is 1.00 bits per heavy atom. The van der Waals surface area contributed by atoms with E-state index < -0.39 is 0 Å². The Hall–Kier alpha value is -3.02. The van der Waals surface area contributed by atoms with Crippen molar-refractivity contribution in [3.8, 4) is 0 Å². The van der Waals surface area contributed by atoms with Crippen LogP contribution in [0.2, 0.25) is 0 Å². The molecule has 1 atom stereocenters. The van der Waals surface area contributed by atoms with Gasteiger partial charge in [0.2, 0.25) is 17.7 Å². The first-order valence-electron chi connectivity index (χ1n) is 12.4. The van der Waals surface area contributed by atoms with E-state index in [9.17, 15) is 14.4 Å². The number of thiazole rings is 1. The Labute approximate surface area is 216 Å². The maximum absolute atomic E-state index is 12.7. The second-order valence-electron chi connectivity index (χ2n) is 9.46. The van der Waals surface area contributed by atoms with Crippen LogP contribution < -0.4 is 15.5 Å². The molecule has 0 spiro atoms. The van der Waals surface area contributed by atoms with Crippen LogP contribution in [0.4, 0.5) is 16.5 Å². The SMILES string of the molecule is CC(=O)Nc1ncc(CN2CCN(CC(=O)Nc3ccc(N4CCN(C(C)=O)CC4)cc3)CC2C)s1. The van der Waals surface area contributed by atoms with Gasteiger partial charge in [-0.3, -0.25) is 24.2 Å². The number of nitrogens with one attached hydrogen (secondary N) is 2. The number of nitrogens with zero attached hydrogens (tertiary/aromatic N) is 5. The zero-order chi connectivity index (χ0) is 25.7. The van der Waals surface area contributed by atoms with Crippen LogP contribution in [0.15, 0.2) is 30.5 Å². The summed E-state index contributed by atoms with van der Waals surface area (Å²) in [6, 6.07) is 8.23. The van der Waals surface area contributed by atoms with Gasteiger partial charge < -0.3 is 20.4 Å². The van der Waals surface area contributed by atoms with Gasteiger partial charge in [-0.05, 0) is 31.2 Å². The summed E-state index contributed by atoms with van der Waals surface area (Å²) in [7, 11) is 0. The van der Waals surface area contributed by atoms with Gasteiger partial charge in [-0.1, -0.05) is 0 Å². The number of piperazine rings is 2. The third kappa shape index (κ3) is 7.02. The van der Waals surface area contributed by atoms with Crippen molar-refractivity contribution in [2.75, 3.05) is 67.9 Å². The van der Waals surface area contributed by atoms with Crippen molar-refractivity contribution >= 4 is 45.6 Å². The second kappa shape index (κ2) is 11.8. The first-order chi connectivity index (χ1) is 17.3. The van der Waals surface area contributed by atoms with Crippen molar-refractivity contribution < 1.29 is 14.4 Å². The van der Waals surface area contributed by atoms with Gasteiger partial charge in [-0.25, -0.2) is 4.98 Å². The average molecular weight is 514 g/mol. The molecule has 11 heteroatoms. The zero-order valence-electron chi connectivity index (χ0n) is 21.2. The van der Waals surface area contributed by atoms with E-state index in [1.165, 1.54) is 18.3 Å². The molecule has 1 aromatic carbocycles. The van der Waals surface area contributed by atoms with E-state index in [0.717, 1.165) is 68.6 Å². The first-order valence-corrected chi connectivity index (χ1v) is 13.2.